The molecule has 2 N–H and O–H groups in total. The Hall–Kier alpha value is -1.26. The Balaban J connectivity index is 1.71. The highest BCUT2D eigenvalue weighted by molar-refractivity contribution is 5.44. The van der Waals surface area contributed by atoms with Gasteiger partial charge in [0.05, 0.1) is 14.2 Å². The zero-order chi connectivity index (χ0) is 15.5. The second kappa shape index (κ2) is 6.88. The lowest BCUT2D eigenvalue weighted by atomic mass is 9.83. The standard InChI is InChI=1S/C18H28N2O2/c1-21-17-7-6-14(9-18(17)22-2)15-8-16(19)12-20(11-15)10-13-4-3-5-13/h6-7,9,13,15-16H,3-5,8,10-12,19H2,1-2H3. The summed E-state index contributed by atoms with van der Waals surface area (Å²) in [5, 5.41) is 0. The van der Waals surface area contributed by atoms with Crippen LogP contribution in [0.2, 0.25) is 0 Å². The van der Waals surface area contributed by atoms with E-state index in [1.54, 1.807) is 14.2 Å². The van der Waals surface area contributed by atoms with Gasteiger partial charge in [0.2, 0.25) is 0 Å². The number of nitrogens with zero attached hydrogens (tertiary/aromatic N) is 1. The van der Waals surface area contributed by atoms with E-state index in [0.717, 1.165) is 36.9 Å². The Kier molecular flexibility index (Phi) is 4.89. The molecule has 1 aromatic rings. The topological polar surface area (TPSA) is 47.7 Å². The van der Waals surface area contributed by atoms with Gasteiger partial charge < -0.3 is 20.1 Å². The maximum atomic E-state index is 6.32. The number of nitrogens with two attached hydrogens (primary N) is 1. The molecule has 1 saturated heterocycles. The van der Waals surface area contributed by atoms with E-state index in [2.05, 4.69) is 17.0 Å². The Morgan fingerprint density at radius 3 is 2.55 bits per heavy atom. The Labute approximate surface area is 133 Å². The van der Waals surface area contributed by atoms with Crippen LogP contribution >= 0.6 is 0 Å². The van der Waals surface area contributed by atoms with Crippen LogP contribution in [0.3, 0.4) is 0 Å². The lowest BCUT2D eigenvalue weighted by molar-refractivity contribution is 0.133. The summed E-state index contributed by atoms with van der Waals surface area (Å²) in [7, 11) is 3.37. The number of likely N-dealkylation sites (tertiary alicyclic amines) is 1. The molecule has 0 aromatic heterocycles. The lowest BCUT2D eigenvalue weighted by Crippen LogP contribution is -2.48. The third-order valence-corrected chi connectivity index (χ3v) is 5.18. The number of rotatable bonds is 5. The van der Waals surface area contributed by atoms with Crippen LogP contribution in [0.5, 0.6) is 11.5 Å². The highest BCUT2D eigenvalue weighted by atomic mass is 16.5. The molecule has 2 atom stereocenters. The Morgan fingerprint density at radius 1 is 1.14 bits per heavy atom. The highest BCUT2D eigenvalue weighted by Gasteiger charge is 2.29. The normalized spacial score (nSPS) is 26.5. The average Bonchev–Trinajstić information content (AvgIpc) is 2.49. The van der Waals surface area contributed by atoms with E-state index in [-0.39, 0.29) is 6.04 Å². The summed E-state index contributed by atoms with van der Waals surface area (Å²) in [4.78, 5) is 2.57. The molecule has 0 amide bonds. The number of hydrogen-bond acceptors (Lipinski definition) is 4. The molecule has 1 saturated carbocycles. The predicted molar refractivity (Wildman–Crippen MR) is 88.7 cm³/mol. The molecule has 4 heteroatoms. The van der Waals surface area contributed by atoms with Gasteiger partial charge in [0.15, 0.2) is 11.5 Å². The number of piperidine rings is 1. The molecule has 2 aliphatic rings. The van der Waals surface area contributed by atoms with Crippen molar-refractivity contribution in [2.75, 3.05) is 33.9 Å². The van der Waals surface area contributed by atoms with E-state index in [1.165, 1.54) is 31.4 Å². The van der Waals surface area contributed by atoms with Gasteiger partial charge in [0, 0.05) is 25.7 Å². The maximum Gasteiger partial charge on any atom is 0.160 e. The molecular formula is C18H28N2O2. The van der Waals surface area contributed by atoms with Gasteiger partial charge in [-0.2, -0.15) is 0 Å². The van der Waals surface area contributed by atoms with E-state index in [1.807, 2.05) is 6.07 Å². The molecule has 2 fully saturated rings. The van der Waals surface area contributed by atoms with Crippen molar-refractivity contribution in [3.63, 3.8) is 0 Å². The van der Waals surface area contributed by atoms with Crippen molar-refractivity contribution in [1.29, 1.82) is 0 Å². The molecule has 122 valence electrons. The second-order valence-corrected chi connectivity index (χ2v) is 6.82. The molecule has 3 rings (SSSR count). The summed E-state index contributed by atoms with van der Waals surface area (Å²) in [5.41, 5.74) is 7.63. The number of benzene rings is 1. The summed E-state index contributed by atoms with van der Waals surface area (Å²) in [6.45, 7) is 3.37. The third-order valence-electron chi connectivity index (χ3n) is 5.18. The van der Waals surface area contributed by atoms with Crippen LogP contribution in [0, 0.1) is 5.92 Å². The minimum absolute atomic E-state index is 0.270. The first kappa shape index (κ1) is 15.6. The molecule has 22 heavy (non-hydrogen) atoms. The van der Waals surface area contributed by atoms with Crippen molar-refractivity contribution in [2.24, 2.45) is 11.7 Å². The first-order valence-corrected chi connectivity index (χ1v) is 8.39. The molecule has 1 aromatic carbocycles. The van der Waals surface area contributed by atoms with Gasteiger partial charge in [-0.1, -0.05) is 12.5 Å². The van der Waals surface area contributed by atoms with Gasteiger partial charge in [0.25, 0.3) is 0 Å². The molecule has 4 nitrogen and oxygen atoms in total. The van der Waals surface area contributed by atoms with Gasteiger partial charge >= 0.3 is 0 Å². The summed E-state index contributed by atoms with van der Waals surface area (Å²) < 4.78 is 10.8. The van der Waals surface area contributed by atoms with Crippen LogP contribution in [0.4, 0.5) is 0 Å². The van der Waals surface area contributed by atoms with Crippen molar-refractivity contribution >= 4 is 0 Å². The second-order valence-electron chi connectivity index (χ2n) is 6.82. The van der Waals surface area contributed by atoms with Gasteiger partial charge in [-0.05, 0) is 48.8 Å². The Bertz CT molecular complexity index is 502. The van der Waals surface area contributed by atoms with Crippen LogP contribution in [-0.2, 0) is 0 Å². The molecule has 0 bridgehead atoms. The van der Waals surface area contributed by atoms with Crippen LogP contribution in [0.25, 0.3) is 0 Å². The first-order chi connectivity index (χ1) is 10.7. The van der Waals surface area contributed by atoms with Gasteiger partial charge in [-0.15, -0.1) is 0 Å². The van der Waals surface area contributed by atoms with Crippen molar-refractivity contribution in [1.82, 2.24) is 4.90 Å². The zero-order valence-corrected chi connectivity index (χ0v) is 13.8. The predicted octanol–water partition coefficient (Wildman–Crippen LogP) is 2.62. The molecule has 2 unspecified atom stereocenters. The number of ether oxygens (including phenoxy) is 2. The molecule has 1 aliphatic heterocycles. The SMILES string of the molecule is COc1ccc(C2CC(N)CN(CC3CCC3)C2)cc1OC. The monoisotopic (exact) mass is 304 g/mol. The van der Waals surface area contributed by atoms with Crippen LogP contribution in [0.1, 0.15) is 37.2 Å². The minimum Gasteiger partial charge on any atom is -0.493 e. The van der Waals surface area contributed by atoms with E-state index < -0.39 is 0 Å². The Morgan fingerprint density at radius 2 is 1.91 bits per heavy atom. The summed E-state index contributed by atoms with van der Waals surface area (Å²) in [6, 6.07) is 6.55. The number of methoxy groups -OCH3 is 2. The molecule has 1 heterocycles. The largest absolute Gasteiger partial charge is 0.493 e. The van der Waals surface area contributed by atoms with E-state index >= 15 is 0 Å². The average molecular weight is 304 g/mol. The quantitative estimate of drug-likeness (QED) is 0.908. The molecule has 0 radical (unpaired) electrons. The van der Waals surface area contributed by atoms with Gasteiger partial charge in [0.1, 0.15) is 0 Å². The fourth-order valence-corrected chi connectivity index (χ4v) is 3.77. The highest BCUT2D eigenvalue weighted by Crippen LogP contribution is 2.35. The van der Waals surface area contributed by atoms with Crippen molar-refractivity contribution in [3.05, 3.63) is 23.8 Å². The first-order valence-electron chi connectivity index (χ1n) is 8.39. The molecule has 1 aliphatic carbocycles. The summed E-state index contributed by atoms with van der Waals surface area (Å²) >= 11 is 0. The zero-order valence-electron chi connectivity index (χ0n) is 13.8. The fraction of sp³-hybridized carbons (Fsp3) is 0.667. The van der Waals surface area contributed by atoms with Crippen LogP contribution in [-0.4, -0.2) is 44.8 Å². The van der Waals surface area contributed by atoms with Crippen LogP contribution in [0.15, 0.2) is 18.2 Å². The van der Waals surface area contributed by atoms with Crippen molar-refractivity contribution in [3.8, 4) is 11.5 Å². The van der Waals surface area contributed by atoms with Gasteiger partial charge in [-0.3, -0.25) is 0 Å². The maximum absolute atomic E-state index is 6.32. The van der Waals surface area contributed by atoms with Gasteiger partial charge in [-0.25, -0.2) is 0 Å². The minimum atomic E-state index is 0.270. The van der Waals surface area contributed by atoms with E-state index in [9.17, 15) is 0 Å². The van der Waals surface area contributed by atoms with E-state index in [0.29, 0.717) is 5.92 Å². The smallest absolute Gasteiger partial charge is 0.160 e. The lowest BCUT2D eigenvalue weighted by Gasteiger charge is -2.40. The summed E-state index contributed by atoms with van der Waals surface area (Å²) in [5.74, 6) is 2.99. The fourth-order valence-electron chi connectivity index (χ4n) is 3.77. The molecule has 0 spiro atoms. The van der Waals surface area contributed by atoms with Crippen molar-refractivity contribution < 1.29 is 9.47 Å². The van der Waals surface area contributed by atoms with Crippen LogP contribution < -0.4 is 15.2 Å². The van der Waals surface area contributed by atoms with E-state index in [4.69, 9.17) is 15.2 Å². The third kappa shape index (κ3) is 3.39. The summed E-state index contributed by atoms with van der Waals surface area (Å²) in [6.07, 6.45) is 5.25. The number of hydrogen-bond donors (Lipinski definition) is 1. The van der Waals surface area contributed by atoms with Crippen molar-refractivity contribution in [2.45, 2.75) is 37.6 Å². The molecular weight excluding hydrogens is 276 g/mol.